The Morgan fingerprint density at radius 2 is 2.19 bits per heavy atom. The molecule has 0 bridgehead atoms. The molecule has 6 heteroatoms. The third-order valence-corrected chi connectivity index (χ3v) is 4.52. The summed E-state index contributed by atoms with van der Waals surface area (Å²) in [4.78, 5) is 24.2. The summed E-state index contributed by atoms with van der Waals surface area (Å²) in [5, 5.41) is 3.28. The highest BCUT2D eigenvalue weighted by Crippen LogP contribution is 2.24. The smallest absolute Gasteiger partial charge is 0.223 e. The van der Waals surface area contributed by atoms with Crippen molar-refractivity contribution < 1.29 is 4.79 Å². The molecule has 3 heterocycles. The van der Waals surface area contributed by atoms with E-state index in [4.69, 9.17) is 0 Å². The molecule has 1 aromatic heterocycles. The van der Waals surface area contributed by atoms with E-state index in [0.29, 0.717) is 18.2 Å². The minimum atomic E-state index is 0.302. The molecule has 1 aromatic rings. The van der Waals surface area contributed by atoms with Crippen LogP contribution in [0.5, 0.6) is 0 Å². The van der Waals surface area contributed by atoms with Crippen LogP contribution in [0.25, 0.3) is 0 Å². The first-order valence-corrected chi connectivity index (χ1v) is 8.03. The number of hydrogen-bond donors (Lipinski definition) is 2. The van der Waals surface area contributed by atoms with Crippen molar-refractivity contribution in [3.05, 3.63) is 18.2 Å². The van der Waals surface area contributed by atoms with Gasteiger partial charge in [-0.15, -0.1) is 0 Å². The van der Waals surface area contributed by atoms with E-state index in [9.17, 15) is 4.79 Å². The molecule has 0 aromatic carbocycles. The van der Waals surface area contributed by atoms with Crippen LogP contribution in [0.3, 0.4) is 0 Å². The lowest BCUT2D eigenvalue weighted by atomic mass is 9.97. The number of aromatic amines is 1. The lowest BCUT2D eigenvalue weighted by molar-refractivity contribution is -0.132. The van der Waals surface area contributed by atoms with Crippen LogP contribution < -0.4 is 5.32 Å². The first-order valence-electron chi connectivity index (χ1n) is 8.03. The number of likely N-dealkylation sites (tertiary alicyclic amines) is 1. The number of carbonyl (C=O) groups is 1. The van der Waals surface area contributed by atoms with E-state index in [2.05, 4.69) is 20.2 Å². The fraction of sp³-hybridized carbons (Fsp3) is 0.733. The first-order chi connectivity index (χ1) is 10.3. The third-order valence-electron chi connectivity index (χ3n) is 4.52. The van der Waals surface area contributed by atoms with Crippen LogP contribution in [0.1, 0.15) is 31.0 Å². The van der Waals surface area contributed by atoms with Crippen LogP contribution in [0.15, 0.2) is 12.4 Å². The van der Waals surface area contributed by atoms with Crippen LogP contribution in [0.2, 0.25) is 0 Å². The first kappa shape index (κ1) is 14.5. The van der Waals surface area contributed by atoms with Crippen molar-refractivity contribution in [1.82, 2.24) is 25.1 Å². The quantitative estimate of drug-likeness (QED) is 0.843. The molecule has 0 radical (unpaired) electrons. The molecular weight excluding hydrogens is 266 g/mol. The van der Waals surface area contributed by atoms with Crippen LogP contribution >= 0.6 is 0 Å². The van der Waals surface area contributed by atoms with Crippen molar-refractivity contribution in [3.63, 3.8) is 0 Å². The second kappa shape index (κ2) is 7.04. The van der Waals surface area contributed by atoms with E-state index in [1.54, 1.807) is 0 Å². The van der Waals surface area contributed by atoms with Crippen LogP contribution in [-0.4, -0.2) is 71.5 Å². The molecule has 2 saturated heterocycles. The molecule has 2 aliphatic rings. The van der Waals surface area contributed by atoms with E-state index in [-0.39, 0.29) is 0 Å². The normalized spacial score (nSPS) is 24.2. The van der Waals surface area contributed by atoms with Gasteiger partial charge in [0.1, 0.15) is 5.82 Å². The Morgan fingerprint density at radius 3 is 2.95 bits per heavy atom. The molecule has 1 atom stereocenters. The Bertz CT molecular complexity index is 441. The molecule has 0 spiro atoms. The standard InChI is InChI=1S/C15H25N5O/c21-14(20-10-6-16-7-11-20)3-9-19-8-1-2-13(12-19)15-17-4-5-18-15/h4-5,13,16H,1-3,6-12H2,(H,17,18). The van der Waals surface area contributed by atoms with Gasteiger partial charge in [0.15, 0.2) is 0 Å². The molecule has 0 saturated carbocycles. The minimum Gasteiger partial charge on any atom is -0.348 e. The van der Waals surface area contributed by atoms with Crippen LogP contribution in [-0.2, 0) is 4.79 Å². The van der Waals surface area contributed by atoms with E-state index in [1.165, 1.54) is 12.8 Å². The summed E-state index contributed by atoms with van der Waals surface area (Å²) in [7, 11) is 0. The Hall–Kier alpha value is -1.40. The second-order valence-corrected chi connectivity index (χ2v) is 5.99. The van der Waals surface area contributed by atoms with Gasteiger partial charge in [0.25, 0.3) is 0 Å². The Balaban J connectivity index is 1.45. The summed E-state index contributed by atoms with van der Waals surface area (Å²) in [6.45, 7) is 6.56. The van der Waals surface area contributed by atoms with Gasteiger partial charge >= 0.3 is 0 Å². The van der Waals surface area contributed by atoms with Gasteiger partial charge in [-0.3, -0.25) is 4.79 Å². The number of rotatable bonds is 4. The summed E-state index contributed by atoms with van der Waals surface area (Å²) in [6.07, 6.45) is 6.73. The highest BCUT2D eigenvalue weighted by atomic mass is 16.2. The van der Waals surface area contributed by atoms with Crippen molar-refractivity contribution in [2.24, 2.45) is 0 Å². The zero-order valence-electron chi connectivity index (χ0n) is 12.6. The van der Waals surface area contributed by atoms with Crippen molar-refractivity contribution in [2.75, 3.05) is 45.8 Å². The number of carbonyl (C=O) groups excluding carboxylic acids is 1. The SMILES string of the molecule is O=C(CCN1CCCC(c2ncc[nH]2)C1)N1CCNCC1. The number of amides is 1. The fourth-order valence-corrected chi connectivity index (χ4v) is 3.31. The number of hydrogen-bond acceptors (Lipinski definition) is 4. The van der Waals surface area contributed by atoms with Gasteiger partial charge in [0.05, 0.1) is 0 Å². The molecule has 1 amide bonds. The highest BCUT2D eigenvalue weighted by Gasteiger charge is 2.24. The molecule has 116 valence electrons. The molecule has 1 unspecified atom stereocenters. The van der Waals surface area contributed by atoms with Gasteiger partial charge in [0, 0.05) is 64.0 Å². The summed E-state index contributed by atoms with van der Waals surface area (Å²) >= 11 is 0. The van der Waals surface area contributed by atoms with Gasteiger partial charge in [-0.05, 0) is 19.4 Å². The fourth-order valence-electron chi connectivity index (χ4n) is 3.31. The molecule has 6 nitrogen and oxygen atoms in total. The Morgan fingerprint density at radius 1 is 1.33 bits per heavy atom. The van der Waals surface area contributed by atoms with Gasteiger partial charge in [0.2, 0.25) is 5.91 Å². The maximum atomic E-state index is 12.2. The highest BCUT2D eigenvalue weighted by molar-refractivity contribution is 5.76. The maximum Gasteiger partial charge on any atom is 0.223 e. The molecular formula is C15H25N5O. The molecule has 21 heavy (non-hydrogen) atoms. The number of H-pyrrole nitrogens is 1. The third kappa shape index (κ3) is 3.83. The maximum absolute atomic E-state index is 12.2. The zero-order valence-corrected chi connectivity index (χ0v) is 12.6. The predicted octanol–water partition coefficient (Wildman–Crippen LogP) is 0.411. The van der Waals surface area contributed by atoms with Crippen molar-refractivity contribution in [2.45, 2.75) is 25.2 Å². The molecule has 3 rings (SSSR count). The van der Waals surface area contributed by atoms with E-state index in [0.717, 1.165) is 51.6 Å². The largest absolute Gasteiger partial charge is 0.348 e. The number of piperazine rings is 1. The molecule has 0 aliphatic carbocycles. The average molecular weight is 291 g/mol. The second-order valence-electron chi connectivity index (χ2n) is 5.99. The summed E-state index contributed by atoms with van der Waals surface area (Å²) in [5.41, 5.74) is 0. The number of nitrogens with zero attached hydrogens (tertiary/aromatic N) is 3. The zero-order chi connectivity index (χ0) is 14.5. The summed E-state index contributed by atoms with van der Waals surface area (Å²) < 4.78 is 0. The van der Waals surface area contributed by atoms with Crippen molar-refractivity contribution in [1.29, 1.82) is 0 Å². The van der Waals surface area contributed by atoms with Gasteiger partial charge in [-0.1, -0.05) is 0 Å². The number of aromatic nitrogens is 2. The van der Waals surface area contributed by atoms with Crippen molar-refractivity contribution in [3.8, 4) is 0 Å². The monoisotopic (exact) mass is 291 g/mol. The van der Waals surface area contributed by atoms with Gasteiger partial charge < -0.3 is 20.1 Å². The topological polar surface area (TPSA) is 64.3 Å². The summed E-state index contributed by atoms with van der Waals surface area (Å²) in [5.74, 6) is 1.88. The average Bonchev–Trinajstić information content (AvgIpc) is 3.08. The summed E-state index contributed by atoms with van der Waals surface area (Å²) in [6, 6.07) is 0. The van der Waals surface area contributed by atoms with Crippen LogP contribution in [0.4, 0.5) is 0 Å². The van der Waals surface area contributed by atoms with Gasteiger partial charge in [-0.2, -0.15) is 0 Å². The molecule has 2 fully saturated rings. The van der Waals surface area contributed by atoms with E-state index >= 15 is 0 Å². The van der Waals surface area contributed by atoms with Crippen molar-refractivity contribution >= 4 is 5.91 Å². The molecule has 2 N–H and O–H groups in total. The predicted molar refractivity (Wildman–Crippen MR) is 81.1 cm³/mol. The Labute approximate surface area is 125 Å². The van der Waals surface area contributed by atoms with E-state index < -0.39 is 0 Å². The minimum absolute atomic E-state index is 0.302. The number of nitrogens with one attached hydrogen (secondary N) is 2. The Kier molecular flexibility index (Phi) is 4.87. The van der Waals surface area contributed by atoms with E-state index in [1.807, 2.05) is 17.3 Å². The van der Waals surface area contributed by atoms with Crippen LogP contribution in [0, 0.1) is 0 Å². The number of imidazole rings is 1. The lowest BCUT2D eigenvalue weighted by Gasteiger charge is -2.33. The number of piperidine rings is 1. The lowest BCUT2D eigenvalue weighted by Crippen LogP contribution is -2.47. The molecule has 2 aliphatic heterocycles. The van der Waals surface area contributed by atoms with Gasteiger partial charge in [-0.25, -0.2) is 4.98 Å².